The Kier molecular flexibility index (Phi) is 4.59. The van der Waals surface area contributed by atoms with Crippen LogP contribution in [0.2, 0.25) is 5.02 Å². The summed E-state index contributed by atoms with van der Waals surface area (Å²) in [6, 6.07) is 6.64. The molecule has 92 valence electrons. The van der Waals surface area contributed by atoms with Crippen LogP contribution in [-0.2, 0) is 9.47 Å². The Morgan fingerprint density at radius 3 is 2.41 bits per heavy atom. The number of halogens is 1. The van der Waals surface area contributed by atoms with Gasteiger partial charge in [0.1, 0.15) is 6.61 Å². The first-order valence-corrected chi connectivity index (χ1v) is 5.01. The summed E-state index contributed by atoms with van der Waals surface area (Å²) in [6.45, 7) is -0.248. The van der Waals surface area contributed by atoms with Crippen molar-refractivity contribution in [3.63, 3.8) is 0 Å². The molecule has 1 rings (SSSR count). The van der Waals surface area contributed by atoms with Gasteiger partial charge in [-0.3, -0.25) is 0 Å². The number of nitrogens with two attached hydrogens (primary N) is 2. The molecule has 0 radical (unpaired) electrons. The molecule has 0 aliphatic rings. The van der Waals surface area contributed by atoms with E-state index in [1.807, 2.05) is 0 Å². The number of benzene rings is 1. The standard InChI is InChI=1S/C10H11ClN2O4/c11-7-4-2-1-3-6(7)8(17-10(13)15)5-16-9(12)14/h1-4,8H,5H2,(H2,12,14)(H2,13,15)/t8-/m0/s1. The number of primary amides is 2. The van der Waals surface area contributed by atoms with Gasteiger partial charge in [0.25, 0.3) is 0 Å². The van der Waals surface area contributed by atoms with Crippen LogP contribution in [-0.4, -0.2) is 18.8 Å². The maximum Gasteiger partial charge on any atom is 0.405 e. The van der Waals surface area contributed by atoms with Crippen LogP contribution in [0.1, 0.15) is 11.7 Å². The summed E-state index contributed by atoms with van der Waals surface area (Å²) in [5.41, 5.74) is 10.2. The molecule has 0 spiro atoms. The van der Waals surface area contributed by atoms with Gasteiger partial charge in [0.05, 0.1) is 0 Å². The zero-order valence-electron chi connectivity index (χ0n) is 8.76. The van der Waals surface area contributed by atoms with E-state index in [0.717, 1.165) is 0 Å². The number of rotatable bonds is 4. The normalized spacial score (nSPS) is 11.6. The lowest BCUT2D eigenvalue weighted by atomic mass is 10.1. The second-order valence-electron chi connectivity index (χ2n) is 3.08. The number of carbonyl (C=O) groups is 2. The molecule has 4 N–H and O–H groups in total. The molecule has 1 aromatic carbocycles. The molecular formula is C10H11ClN2O4. The zero-order chi connectivity index (χ0) is 12.8. The van der Waals surface area contributed by atoms with Crippen molar-refractivity contribution < 1.29 is 19.1 Å². The van der Waals surface area contributed by atoms with E-state index in [0.29, 0.717) is 10.6 Å². The predicted octanol–water partition coefficient (Wildman–Crippen LogP) is 1.57. The first kappa shape index (κ1) is 13.1. The second-order valence-corrected chi connectivity index (χ2v) is 3.48. The first-order chi connectivity index (χ1) is 8.00. The second kappa shape index (κ2) is 5.95. The molecular weight excluding hydrogens is 248 g/mol. The summed E-state index contributed by atoms with van der Waals surface area (Å²) in [7, 11) is 0. The van der Waals surface area contributed by atoms with Crippen molar-refractivity contribution in [2.24, 2.45) is 11.5 Å². The Bertz CT molecular complexity index is 425. The molecule has 1 aromatic rings. The maximum atomic E-state index is 10.7. The van der Waals surface area contributed by atoms with Gasteiger partial charge in [0.15, 0.2) is 6.10 Å². The first-order valence-electron chi connectivity index (χ1n) is 4.63. The molecule has 0 saturated carbocycles. The number of hydrogen-bond acceptors (Lipinski definition) is 4. The van der Waals surface area contributed by atoms with E-state index in [2.05, 4.69) is 4.74 Å². The van der Waals surface area contributed by atoms with Crippen LogP contribution in [0.25, 0.3) is 0 Å². The molecule has 0 saturated heterocycles. The van der Waals surface area contributed by atoms with Gasteiger partial charge in [-0.15, -0.1) is 0 Å². The Morgan fingerprint density at radius 2 is 1.88 bits per heavy atom. The minimum atomic E-state index is -0.997. The molecule has 1 atom stereocenters. The lowest BCUT2D eigenvalue weighted by Crippen LogP contribution is -2.24. The summed E-state index contributed by atoms with van der Waals surface area (Å²) in [5.74, 6) is 0. The van der Waals surface area contributed by atoms with Gasteiger partial charge in [0, 0.05) is 10.6 Å². The van der Waals surface area contributed by atoms with E-state index in [1.54, 1.807) is 24.3 Å². The lowest BCUT2D eigenvalue weighted by Gasteiger charge is -2.17. The third-order valence-corrected chi connectivity index (χ3v) is 2.23. The van der Waals surface area contributed by atoms with E-state index in [-0.39, 0.29) is 6.61 Å². The monoisotopic (exact) mass is 258 g/mol. The zero-order valence-corrected chi connectivity index (χ0v) is 9.52. The Hall–Kier alpha value is -1.95. The molecule has 0 bridgehead atoms. The third kappa shape index (κ3) is 4.20. The number of carbonyl (C=O) groups excluding carboxylic acids is 2. The fourth-order valence-electron chi connectivity index (χ4n) is 1.22. The minimum Gasteiger partial charge on any atom is -0.445 e. The third-order valence-electron chi connectivity index (χ3n) is 1.89. The van der Waals surface area contributed by atoms with Crippen LogP contribution in [0.4, 0.5) is 9.59 Å². The molecule has 7 heteroatoms. The number of ether oxygens (including phenoxy) is 2. The van der Waals surface area contributed by atoms with Gasteiger partial charge in [-0.05, 0) is 6.07 Å². The van der Waals surface area contributed by atoms with Gasteiger partial charge >= 0.3 is 12.2 Å². The van der Waals surface area contributed by atoms with Gasteiger partial charge in [0.2, 0.25) is 0 Å². The average Bonchev–Trinajstić information content (AvgIpc) is 2.24. The fourth-order valence-corrected chi connectivity index (χ4v) is 1.48. The molecule has 0 unspecified atom stereocenters. The Morgan fingerprint density at radius 1 is 1.24 bits per heavy atom. The topological polar surface area (TPSA) is 105 Å². The van der Waals surface area contributed by atoms with Crippen molar-refractivity contribution in [1.29, 1.82) is 0 Å². The fraction of sp³-hybridized carbons (Fsp3) is 0.200. The van der Waals surface area contributed by atoms with E-state index in [4.69, 9.17) is 27.8 Å². The van der Waals surface area contributed by atoms with Crippen molar-refractivity contribution in [2.75, 3.05) is 6.61 Å². The van der Waals surface area contributed by atoms with Crippen molar-refractivity contribution in [3.05, 3.63) is 34.9 Å². The van der Waals surface area contributed by atoms with Gasteiger partial charge in [-0.1, -0.05) is 29.8 Å². The average molecular weight is 259 g/mol. The van der Waals surface area contributed by atoms with Crippen LogP contribution in [0.3, 0.4) is 0 Å². The highest BCUT2D eigenvalue weighted by Crippen LogP contribution is 2.25. The SMILES string of the molecule is NC(=O)OC[C@H](OC(N)=O)c1ccccc1Cl. The highest BCUT2D eigenvalue weighted by Gasteiger charge is 2.19. The highest BCUT2D eigenvalue weighted by molar-refractivity contribution is 6.31. The Balaban J connectivity index is 2.85. The van der Waals surface area contributed by atoms with Gasteiger partial charge in [-0.25, -0.2) is 9.59 Å². The molecule has 2 amide bonds. The molecule has 17 heavy (non-hydrogen) atoms. The molecule has 0 heterocycles. The van der Waals surface area contributed by atoms with E-state index < -0.39 is 18.3 Å². The summed E-state index contributed by atoms with van der Waals surface area (Å²) < 4.78 is 9.35. The summed E-state index contributed by atoms with van der Waals surface area (Å²) >= 11 is 5.91. The van der Waals surface area contributed by atoms with Crippen molar-refractivity contribution in [3.8, 4) is 0 Å². The number of hydrogen-bond donors (Lipinski definition) is 2. The molecule has 0 aliphatic heterocycles. The predicted molar refractivity (Wildman–Crippen MR) is 60.4 cm³/mol. The van der Waals surface area contributed by atoms with E-state index in [9.17, 15) is 9.59 Å². The van der Waals surface area contributed by atoms with Crippen LogP contribution >= 0.6 is 11.6 Å². The van der Waals surface area contributed by atoms with Crippen LogP contribution in [0.15, 0.2) is 24.3 Å². The van der Waals surface area contributed by atoms with E-state index in [1.165, 1.54) is 0 Å². The van der Waals surface area contributed by atoms with Crippen LogP contribution < -0.4 is 11.5 Å². The smallest absolute Gasteiger partial charge is 0.405 e. The van der Waals surface area contributed by atoms with Gasteiger partial charge < -0.3 is 20.9 Å². The van der Waals surface area contributed by atoms with Gasteiger partial charge in [-0.2, -0.15) is 0 Å². The quantitative estimate of drug-likeness (QED) is 0.855. The molecule has 0 fully saturated rings. The van der Waals surface area contributed by atoms with Crippen LogP contribution in [0, 0.1) is 0 Å². The van der Waals surface area contributed by atoms with E-state index >= 15 is 0 Å². The van der Waals surface area contributed by atoms with Crippen LogP contribution in [0.5, 0.6) is 0 Å². The highest BCUT2D eigenvalue weighted by atomic mass is 35.5. The largest absolute Gasteiger partial charge is 0.445 e. The minimum absolute atomic E-state index is 0.248. The summed E-state index contributed by atoms with van der Waals surface area (Å²) in [5, 5.41) is 0.367. The lowest BCUT2D eigenvalue weighted by molar-refractivity contribution is 0.0513. The summed E-state index contributed by atoms with van der Waals surface area (Å²) in [6.07, 6.45) is -2.85. The summed E-state index contributed by atoms with van der Waals surface area (Å²) in [4.78, 5) is 21.2. The maximum absolute atomic E-state index is 10.7. The van der Waals surface area contributed by atoms with Crippen molar-refractivity contribution in [2.45, 2.75) is 6.10 Å². The molecule has 0 aliphatic carbocycles. The van der Waals surface area contributed by atoms with Crippen molar-refractivity contribution in [1.82, 2.24) is 0 Å². The number of amides is 2. The molecule has 6 nitrogen and oxygen atoms in total. The van der Waals surface area contributed by atoms with Crippen molar-refractivity contribution >= 4 is 23.8 Å². The Labute approximate surface area is 102 Å². The molecule has 0 aromatic heterocycles.